The average Bonchev–Trinajstić information content (AvgIpc) is 3.29. The standard InChI is InChI=1S/C17H24N6O.HI/c1-18-17(22(2)13-15-7-10-24-21-15)20-12-14-5-6-16(19-11-14)23-8-3-4-9-23;/h5-7,10-11H,3-4,8-9,12-13H2,1-2H3,(H,18,20);1H. The molecule has 1 fully saturated rings. The van der Waals surface area contributed by atoms with E-state index in [0.717, 1.165) is 36.1 Å². The van der Waals surface area contributed by atoms with E-state index < -0.39 is 0 Å². The monoisotopic (exact) mass is 456 g/mol. The van der Waals surface area contributed by atoms with Gasteiger partial charge in [-0.1, -0.05) is 11.2 Å². The molecule has 1 saturated heterocycles. The summed E-state index contributed by atoms with van der Waals surface area (Å²) >= 11 is 0. The van der Waals surface area contributed by atoms with Gasteiger partial charge in [0.15, 0.2) is 5.96 Å². The molecule has 0 radical (unpaired) electrons. The Morgan fingerprint density at radius 2 is 2.12 bits per heavy atom. The van der Waals surface area contributed by atoms with Crippen LogP contribution in [0.3, 0.4) is 0 Å². The first kappa shape index (κ1) is 19.5. The molecule has 0 spiro atoms. The number of anilines is 1. The van der Waals surface area contributed by atoms with Gasteiger partial charge in [-0.25, -0.2) is 4.98 Å². The summed E-state index contributed by atoms with van der Waals surface area (Å²) in [6.45, 7) is 3.56. The van der Waals surface area contributed by atoms with E-state index in [-0.39, 0.29) is 24.0 Å². The number of nitrogens with zero attached hydrogens (tertiary/aromatic N) is 5. The highest BCUT2D eigenvalue weighted by Gasteiger charge is 2.13. The Kier molecular flexibility index (Phi) is 7.48. The fourth-order valence-corrected chi connectivity index (χ4v) is 2.86. The summed E-state index contributed by atoms with van der Waals surface area (Å²) in [4.78, 5) is 13.2. The quantitative estimate of drug-likeness (QED) is 0.424. The lowest BCUT2D eigenvalue weighted by Gasteiger charge is -2.21. The summed E-state index contributed by atoms with van der Waals surface area (Å²) in [7, 11) is 3.75. The summed E-state index contributed by atoms with van der Waals surface area (Å²) < 4.78 is 4.86. The van der Waals surface area contributed by atoms with Gasteiger partial charge in [0.25, 0.3) is 0 Å². The van der Waals surface area contributed by atoms with Crippen molar-refractivity contribution in [3.63, 3.8) is 0 Å². The molecule has 25 heavy (non-hydrogen) atoms. The Morgan fingerprint density at radius 3 is 2.72 bits per heavy atom. The van der Waals surface area contributed by atoms with Crippen LogP contribution in [0.15, 0.2) is 40.2 Å². The minimum atomic E-state index is 0. The van der Waals surface area contributed by atoms with Gasteiger partial charge in [0.2, 0.25) is 0 Å². The number of nitrogens with one attached hydrogen (secondary N) is 1. The van der Waals surface area contributed by atoms with E-state index in [4.69, 9.17) is 4.52 Å². The van der Waals surface area contributed by atoms with Gasteiger partial charge in [0.05, 0.1) is 6.54 Å². The van der Waals surface area contributed by atoms with Crippen molar-refractivity contribution < 1.29 is 4.52 Å². The highest BCUT2D eigenvalue weighted by atomic mass is 127. The molecular formula is C17H25IN6O. The summed E-state index contributed by atoms with van der Waals surface area (Å²) in [5.74, 6) is 1.88. The second-order valence-corrected chi connectivity index (χ2v) is 5.97. The van der Waals surface area contributed by atoms with Gasteiger partial charge in [0.1, 0.15) is 17.8 Å². The lowest BCUT2D eigenvalue weighted by Crippen LogP contribution is -2.38. The molecule has 3 heterocycles. The zero-order valence-electron chi connectivity index (χ0n) is 14.7. The van der Waals surface area contributed by atoms with Crippen molar-refractivity contribution in [2.75, 3.05) is 32.1 Å². The predicted molar refractivity (Wildman–Crippen MR) is 109 cm³/mol. The van der Waals surface area contributed by atoms with Gasteiger partial charge in [-0.2, -0.15) is 0 Å². The van der Waals surface area contributed by atoms with Crippen molar-refractivity contribution in [2.45, 2.75) is 25.9 Å². The molecule has 1 aliphatic rings. The number of aliphatic imine (C=N–C) groups is 1. The molecule has 0 saturated carbocycles. The first-order valence-electron chi connectivity index (χ1n) is 8.27. The first-order valence-corrected chi connectivity index (χ1v) is 8.27. The smallest absolute Gasteiger partial charge is 0.194 e. The molecule has 2 aromatic heterocycles. The minimum absolute atomic E-state index is 0. The average molecular weight is 456 g/mol. The largest absolute Gasteiger partial charge is 0.364 e. The maximum Gasteiger partial charge on any atom is 0.194 e. The molecule has 0 bridgehead atoms. The SMILES string of the molecule is CN=C(NCc1ccc(N2CCCC2)nc1)N(C)Cc1ccon1.I. The Labute approximate surface area is 165 Å². The number of hydrogen-bond acceptors (Lipinski definition) is 5. The van der Waals surface area contributed by atoms with Crippen molar-refractivity contribution in [1.29, 1.82) is 0 Å². The molecule has 0 unspecified atom stereocenters. The molecule has 8 heteroatoms. The maximum absolute atomic E-state index is 4.86. The zero-order chi connectivity index (χ0) is 16.8. The Morgan fingerprint density at radius 1 is 1.32 bits per heavy atom. The number of guanidine groups is 1. The second kappa shape index (κ2) is 9.59. The molecule has 0 aliphatic carbocycles. The third kappa shape index (κ3) is 5.32. The van der Waals surface area contributed by atoms with Crippen LogP contribution in [-0.2, 0) is 13.1 Å². The van der Waals surface area contributed by atoms with E-state index in [1.54, 1.807) is 13.3 Å². The third-order valence-electron chi connectivity index (χ3n) is 4.15. The number of pyridine rings is 1. The normalized spacial score (nSPS) is 14.3. The molecule has 136 valence electrons. The molecule has 1 N–H and O–H groups in total. The van der Waals surface area contributed by atoms with Crippen LogP contribution >= 0.6 is 24.0 Å². The van der Waals surface area contributed by atoms with E-state index in [9.17, 15) is 0 Å². The molecule has 0 atom stereocenters. The number of aromatic nitrogens is 2. The maximum atomic E-state index is 4.86. The lowest BCUT2D eigenvalue weighted by atomic mass is 10.3. The molecule has 7 nitrogen and oxygen atoms in total. The molecule has 0 amide bonds. The summed E-state index contributed by atoms with van der Waals surface area (Å²) in [6, 6.07) is 6.08. The lowest BCUT2D eigenvalue weighted by molar-refractivity contribution is 0.391. The van der Waals surface area contributed by atoms with E-state index in [1.807, 2.05) is 24.2 Å². The Hall–Kier alpha value is -1.84. The van der Waals surface area contributed by atoms with E-state index >= 15 is 0 Å². The van der Waals surface area contributed by atoms with Gasteiger partial charge >= 0.3 is 0 Å². The molecular weight excluding hydrogens is 431 g/mol. The number of rotatable bonds is 5. The number of halogens is 1. The highest BCUT2D eigenvalue weighted by molar-refractivity contribution is 14.0. The summed E-state index contributed by atoms with van der Waals surface area (Å²) in [6.07, 6.45) is 6.04. The predicted octanol–water partition coefficient (Wildman–Crippen LogP) is 2.50. The van der Waals surface area contributed by atoms with Gasteiger partial charge in [-0.05, 0) is 24.5 Å². The van der Waals surface area contributed by atoms with Gasteiger partial charge in [-0.3, -0.25) is 4.99 Å². The van der Waals surface area contributed by atoms with Gasteiger partial charge in [0, 0.05) is 46.0 Å². The van der Waals surface area contributed by atoms with Crippen LogP contribution in [0.25, 0.3) is 0 Å². The fourth-order valence-electron chi connectivity index (χ4n) is 2.86. The van der Waals surface area contributed by atoms with Crippen molar-refractivity contribution in [1.82, 2.24) is 20.4 Å². The van der Waals surface area contributed by atoms with Crippen molar-refractivity contribution in [2.24, 2.45) is 4.99 Å². The van der Waals surface area contributed by atoms with Crippen LogP contribution in [-0.4, -0.2) is 48.2 Å². The van der Waals surface area contributed by atoms with E-state index in [1.165, 1.54) is 12.8 Å². The Bertz CT molecular complexity index is 652. The van der Waals surface area contributed by atoms with Crippen molar-refractivity contribution in [3.05, 3.63) is 41.9 Å². The summed E-state index contributed by atoms with van der Waals surface area (Å²) in [5.41, 5.74) is 2.01. The van der Waals surface area contributed by atoms with Crippen LogP contribution in [0.5, 0.6) is 0 Å². The topological polar surface area (TPSA) is 69.8 Å². The minimum Gasteiger partial charge on any atom is -0.364 e. The van der Waals surface area contributed by atoms with Gasteiger partial charge < -0.3 is 19.6 Å². The fraction of sp³-hybridized carbons (Fsp3) is 0.471. The van der Waals surface area contributed by atoms with E-state index in [2.05, 4.69) is 37.5 Å². The molecule has 0 aromatic carbocycles. The van der Waals surface area contributed by atoms with Crippen LogP contribution in [0, 0.1) is 0 Å². The van der Waals surface area contributed by atoms with Crippen molar-refractivity contribution >= 4 is 35.8 Å². The van der Waals surface area contributed by atoms with Crippen LogP contribution in [0.4, 0.5) is 5.82 Å². The van der Waals surface area contributed by atoms with Crippen molar-refractivity contribution in [3.8, 4) is 0 Å². The van der Waals surface area contributed by atoms with E-state index in [0.29, 0.717) is 13.1 Å². The second-order valence-electron chi connectivity index (χ2n) is 5.97. The third-order valence-corrected chi connectivity index (χ3v) is 4.15. The van der Waals surface area contributed by atoms with Gasteiger partial charge in [-0.15, -0.1) is 24.0 Å². The van der Waals surface area contributed by atoms with Crippen LogP contribution in [0.2, 0.25) is 0 Å². The first-order chi connectivity index (χ1) is 11.8. The molecule has 2 aromatic rings. The zero-order valence-corrected chi connectivity index (χ0v) is 17.0. The van der Waals surface area contributed by atoms with Crippen LogP contribution < -0.4 is 10.2 Å². The van der Waals surface area contributed by atoms with Crippen LogP contribution in [0.1, 0.15) is 24.1 Å². The number of hydrogen-bond donors (Lipinski definition) is 1. The summed E-state index contributed by atoms with van der Waals surface area (Å²) in [5, 5.41) is 7.28. The Balaban J connectivity index is 0.00000225. The highest BCUT2D eigenvalue weighted by Crippen LogP contribution is 2.17. The molecule has 1 aliphatic heterocycles. The molecule has 3 rings (SSSR count).